The van der Waals surface area contributed by atoms with Crippen molar-refractivity contribution in [1.29, 1.82) is 0 Å². The number of hydrogen-bond acceptors (Lipinski definition) is 4. The summed E-state index contributed by atoms with van der Waals surface area (Å²) in [7, 11) is 0. The van der Waals surface area contributed by atoms with Gasteiger partial charge in [-0.1, -0.05) is 35.9 Å². The summed E-state index contributed by atoms with van der Waals surface area (Å²) in [6.07, 6.45) is 2.18. The van der Waals surface area contributed by atoms with Crippen molar-refractivity contribution in [3.63, 3.8) is 0 Å². The van der Waals surface area contributed by atoms with Gasteiger partial charge in [-0.05, 0) is 50.5 Å². The Morgan fingerprint density at radius 1 is 1.06 bits per heavy atom. The van der Waals surface area contributed by atoms with Gasteiger partial charge in [0.2, 0.25) is 5.91 Å². The van der Waals surface area contributed by atoms with E-state index in [2.05, 4.69) is 29.3 Å². The Labute approximate surface area is 184 Å². The second-order valence-corrected chi connectivity index (χ2v) is 8.59. The summed E-state index contributed by atoms with van der Waals surface area (Å²) in [5, 5.41) is 3.07. The molecule has 1 saturated carbocycles. The zero-order valence-electron chi connectivity index (χ0n) is 18.3. The highest BCUT2D eigenvalue weighted by Crippen LogP contribution is 2.20. The number of carbonyl (C=O) groups excluding carboxylic acids is 2. The van der Waals surface area contributed by atoms with Crippen LogP contribution in [-0.4, -0.2) is 59.9 Å². The quantitative estimate of drug-likeness (QED) is 0.747. The summed E-state index contributed by atoms with van der Waals surface area (Å²) in [5.74, 6) is 0.799. The molecule has 31 heavy (non-hydrogen) atoms. The minimum Gasteiger partial charge on any atom is -0.489 e. The number of benzene rings is 2. The van der Waals surface area contributed by atoms with Gasteiger partial charge in [0.05, 0.1) is 6.04 Å². The molecule has 6 heteroatoms. The number of piperazine rings is 1. The molecule has 1 saturated heterocycles. The Morgan fingerprint density at radius 3 is 2.52 bits per heavy atom. The Bertz CT molecular complexity index is 933. The first-order valence-corrected chi connectivity index (χ1v) is 11.1. The smallest absolute Gasteiger partial charge is 0.254 e. The third kappa shape index (κ3) is 5.64. The van der Waals surface area contributed by atoms with Crippen LogP contribution in [-0.2, 0) is 11.4 Å². The van der Waals surface area contributed by atoms with E-state index >= 15 is 0 Å². The molecule has 2 fully saturated rings. The van der Waals surface area contributed by atoms with Crippen LogP contribution >= 0.6 is 0 Å². The molecule has 2 aromatic carbocycles. The average molecular weight is 422 g/mol. The first-order chi connectivity index (χ1) is 15.0. The van der Waals surface area contributed by atoms with E-state index in [0.29, 0.717) is 50.1 Å². The minimum absolute atomic E-state index is 0.00994. The molecule has 1 unspecified atom stereocenters. The highest BCUT2D eigenvalue weighted by Gasteiger charge is 2.31. The fourth-order valence-corrected chi connectivity index (χ4v) is 3.90. The maximum atomic E-state index is 13.0. The normalized spacial score (nSPS) is 17.8. The van der Waals surface area contributed by atoms with Gasteiger partial charge in [0.1, 0.15) is 12.4 Å². The molecule has 1 N–H and O–H groups in total. The molecule has 164 valence electrons. The van der Waals surface area contributed by atoms with Crippen molar-refractivity contribution in [2.45, 2.75) is 45.4 Å². The highest BCUT2D eigenvalue weighted by molar-refractivity contribution is 5.94. The van der Waals surface area contributed by atoms with E-state index in [-0.39, 0.29) is 17.9 Å². The van der Waals surface area contributed by atoms with Crippen molar-refractivity contribution in [3.05, 3.63) is 65.2 Å². The van der Waals surface area contributed by atoms with Crippen molar-refractivity contribution >= 4 is 11.8 Å². The number of nitrogens with one attached hydrogen (secondary N) is 1. The molecule has 4 rings (SSSR count). The third-order valence-electron chi connectivity index (χ3n) is 6.02. The predicted molar refractivity (Wildman–Crippen MR) is 120 cm³/mol. The molecule has 0 spiro atoms. The lowest BCUT2D eigenvalue weighted by molar-refractivity contribution is -0.126. The zero-order valence-corrected chi connectivity index (χ0v) is 18.3. The van der Waals surface area contributed by atoms with Crippen LogP contribution < -0.4 is 10.1 Å². The fraction of sp³-hybridized carbons (Fsp3) is 0.440. The van der Waals surface area contributed by atoms with Gasteiger partial charge in [0.15, 0.2) is 0 Å². The van der Waals surface area contributed by atoms with Crippen LogP contribution in [0.4, 0.5) is 0 Å². The minimum atomic E-state index is -0.156. The Morgan fingerprint density at radius 2 is 1.81 bits per heavy atom. The lowest BCUT2D eigenvalue weighted by atomic mass is 10.1. The van der Waals surface area contributed by atoms with Crippen LogP contribution in [0, 0.1) is 6.92 Å². The molecule has 1 heterocycles. The number of carbonyl (C=O) groups is 2. The van der Waals surface area contributed by atoms with Crippen LogP contribution in [0.5, 0.6) is 5.75 Å². The number of nitrogens with zero attached hydrogens (tertiary/aromatic N) is 2. The first-order valence-electron chi connectivity index (χ1n) is 11.1. The topological polar surface area (TPSA) is 61.9 Å². The van der Waals surface area contributed by atoms with Crippen LogP contribution in [0.2, 0.25) is 0 Å². The summed E-state index contributed by atoms with van der Waals surface area (Å²) in [6.45, 7) is 7.12. The Kier molecular flexibility index (Phi) is 6.56. The van der Waals surface area contributed by atoms with Gasteiger partial charge in [-0.3, -0.25) is 14.5 Å². The molecule has 0 radical (unpaired) electrons. The Hall–Kier alpha value is -2.86. The van der Waals surface area contributed by atoms with E-state index in [1.54, 1.807) is 0 Å². The van der Waals surface area contributed by atoms with E-state index < -0.39 is 0 Å². The lowest BCUT2D eigenvalue weighted by Crippen LogP contribution is -2.55. The van der Waals surface area contributed by atoms with Gasteiger partial charge < -0.3 is 15.0 Å². The predicted octanol–water partition coefficient (Wildman–Crippen LogP) is 3.00. The summed E-state index contributed by atoms with van der Waals surface area (Å²) in [5.41, 5.74) is 2.94. The van der Waals surface area contributed by atoms with E-state index in [9.17, 15) is 9.59 Å². The van der Waals surface area contributed by atoms with Crippen LogP contribution in [0.3, 0.4) is 0 Å². The van der Waals surface area contributed by atoms with E-state index in [1.165, 1.54) is 5.56 Å². The van der Waals surface area contributed by atoms with Gasteiger partial charge in [-0.15, -0.1) is 0 Å². The highest BCUT2D eigenvalue weighted by atomic mass is 16.5. The molecular weight excluding hydrogens is 390 g/mol. The molecule has 0 aromatic heterocycles. The number of rotatable bonds is 7. The van der Waals surface area contributed by atoms with E-state index in [0.717, 1.165) is 18.4 Å². The maximum Gasteiger partial charge on any atom is 0.254 e. The number of aryl methyl sites for hydroxylation is 1. The zero-order chi connectivity index (χ0) is 21.8. The lowest BCUT2D eigenvalue weighted by Gasteiger charge is -2.37. The van der Waals surface area contributed by atoms with E-state index in [1.807, 2.05) is 48.2 Å². The molecule has 1 aliphatic heterocycles. The molecule has 2 amide bonds. The van der Waals surface area contributed by atoms with Crippen LogP contribution in [0.25, 0.3) is 0 Å². The van der Waals surface area contributed by atoms with Crippen molar-refractivity contribution in [2.24, 2.45) is 0 Å². The van der Waals surface area contributed by atoms with Gasteiger partial charge in [0, 0.05) is 37.8 Å². The Balaban J connectivity index is 1.30. The summed E-state index contributed by atoms with van der Waals surface area (Å²) in [4.78, 5) is 29.3. The maximum absolute atomic E-state index is 13.0. The molecule has 0 bridgehead atoms. The summed E-state index contributed by atoms with van der Waals surface area (Å²) in [6, 6.07) is 15.8. The number of ether oxygens (including phenoxy) is 1. The monoisotopic (exact) mass is 421 g/mol. The summed E-state index contributed by atoms with van der Waals surface area (Å²) < 4.78 is 5.91. The molecular formula is C25H31N3O3. The van der Waals surface area contributed by atoms with Crippen molar-refractivity contribution in [1.82, 2.24) is 15.1 Å². The standard InChI is InChI=1S/C25H31N3O3/c1-18-5-3-6-20(15-18)17-31-23-8-4-7-21(16-23)25(30)28-13-11-27(12-14-28)19(2)24(29)26-22-9-10-22/h3-8,15-16,19,22H,9-14,17H2,1-2H3,(H,26,29). The summed E-state index contributed by atoms with van der Waals surface area (Å²) >= 11 is 0. The van der Waals surface area contributed by atoms with Crippen molar-refractivity contribution < 1.29 is 14.3 Å². The van der Waals surface area contributed by atoms with Gasteiger partial charge in [0.25, 0.3) is 5.91 Å². The first kappa shape index (κ1) is 21.4. The van der Waals surface area contributed by atoms with Crippen molar-refractivity contribution in [2.75, 3.05) is 26.2 Å². The van der Waals surface area contributed by atoms with Gasteiger partial charge >= 0.3 is 0 Å². The number of hydrogen-bond donors (Lipinski definition) is 1. The van der Waals surface area contributed by atoms with Crippen LogP contribution in [0.1, 0.15) is 41.3 Å². The second-order valence-electron chi connectivity index (χ2n) is 8.59. The van der Waals surface area contributed by atoms with Crippen molar-refractivity contribution in [3.8, 4) is 5.75 Å². The van der Waals surface area contributed by atoms with Crippen LogP contribution in [0.15, 0.2) is 48.5 Å². The molecule has 2 aliphatic rings. The SMILES string of the molecule is Cc1cccc(COc2cccc(C(=O)N3CCN(C(C)C(=O)NC4CC4)CC3)c2)c1. The molecule has 1 atom stereocenters. The second kappa shape index (κ2) is 9.52. The average Bonchev–Trinajstić information content (AvgIpc) is 3.61. The molecule has 2 aromatic rings. The van der Waals surface area contributed by atoms with Gasteiger partial charge in [-0.2, -0.15) is 0 Å². The van der Waals surface area contributed by atoms with Gasteiger partial charge in [-0.25, -0.2) is 0 Å². The number of amides is 2. The fourth-order valence-electron chi connectivity index (χ4n) is 3.90. The van der Waals surface area contributed by atoms with E-state index in [4.69, 9.17) is 4.74 Å². The largest absolute Gasteiger partial charge is 0.489 e. The molecule has 6 nitrogen and oxygen atoms in total. The molecule has 1 aliphatic carbocycles. The third-order valence-corrected chi connectivity index (χ3v) is 6.02.